The fraction of sp³-hybridized carbons (Fsp3) is 0.667. The Balaban J connectivity index is 2.45. The Morgan fingerprint density at radius 1 is 1.27 bits per heavy atom. The zero-order valence-corrected chi connectivity index (χ0v) is 6.76. The lowest BCUT2D eigenvalue weighted by Gasteiger charge is -2.24. The normalized spacial score (nSPS) is 18.0. The SMILES string of the molecule is O=C(O)C(=O)N1CCSCC1. The summed E-state index contributed by atoms with van der Waals surface area (Å²) in [6, 6.07) is 0. The van der Waals surface area contributed by atoms with Gasteiger partial charge in [0.05, 0.1) is 0 Å². The summed E-state index contributed by atoms with van der Waals surface area (Å²) in [5, 5.41) is 8.34. The van der Waals surface area contributed by atoms with Gasteiger partial charge in [0, 0.05) is 24.6 Å². The number of nitrogens with zero attached hydrogens (tertiary/aromatic N) is 1. The first kappa shape index (κ1) is 8.39. The Kier molecular flexibility index (Phi) is 2.76. The van der Waals surface area contributed by atoms with Gasteiger partial charge in [-0.05, 0) is 0 Å². The molecule has 0 spiro atoms. The maximum atomic E-state index is 10.8. The van der Waals surface area contributed by atoms with Crippen LogP contribution in [0.4, 0.5) is 0 Å². The Morgan fingerprint density at radius 2 is 1.82 bits per heavy atom. The van der Waals surface area contributed by atoms with Gasteiger partial charge in [0.25, 0.3) is 0 Å². The molecule has 0 unspecified atom stereocenters. The quantitative estimate of drug-likeness (QED) is 0.511. The summed E-state index contributed by atoms with van der Waals surface area (Å²) in [7, 11) is 0. The number of amides is 1. The molecule has 4 nitrogen and oxygen atoms in total. The highest BCUT2D eigenvalue weighted by Crippen LogP contribution is 2.08. The molecule has 1 heterocycles. The molecule has 5 heteroatoms. The fourth-order valence-electron chi connectivity index (χ4n) is 0.902. The van der Waals surface area contributed by atoms with Crippen molar-refractivity contribution in [1.29, 1.82) is 0 Å². The summed E-state index contributed by atoms with van der Waals surface area (Å²) in [4.78, 5) is 22.4. The van der Waals surface area contributed by atoms with E-state index in [-0.39, 0.29) is 0 Å². The van der Waals surface area contributed by atoms with Crippen molar-refractivity contribution in [3.8, 4) is 0 Å². The van der Waals surface area contributed by atoms with Crippen molar-refractivity contribution >= 4 is 23.6 Å². The van der Waals surface area contributed by atoms with E-state index in [1.807, 2.05) is 0 Å². The molecule has 1 aliphatic heterocycles. The molecule has 0 aromatic heterocycles. The number of rotatable bonds is 0. The van der Waals surface area contributed by atoms with E-state index < -0.39 is 11.9 Å². The molecule has 1 saturated heterocycles. The van der Waals surface area contributed by atoms with E-state index in [1.54, 1.807) is 11.8 Å². The summed E-state index contributed by atoms with van der Waals surface area (Å²) in [5.74, 6) is -0.430. The van der Waals surface area contributed by atoms with Crippen LogP contribution in [-0.4, -0.2) is 46.5 Å². The summed E-state index contributed by atoms with van der Waals surface area (Å²) in [6.07, 6.45) is 0. The van der Waals surface area contributed by atoms with Crippen molar-refractivity contribution in [1.82, 2.24) is 4.90 Å². The zero-order chi connectivity index (χ0) is 8.27. The minimum Gasteiger partial charge on any atom is -0.474 e. The van der Waals surface area contributed by atoms with Crippen LogP contribution >= 0.6 is 11.8 Å². The largest absolute Gasteiger partial charge is 0.474 e. The van der Waals surface area contributed by atoms with Gasteiger partial charge in [-0.1, -0.05) is 0 Å². The molecule has 11 heavy (non-hydrogen) atoms. The average Bonchev–Trinajstić information content (AvgIpc) is 2.05. The summed E-state index contributed by atoms with van der Waals surface area (Å²) in [6.45, 7) is 1.13. The minimum absolute atomic E-state index is 0.565. The number of hydrogen-bond acceptors (Lipinski definition) is 3. The van der Waals surface area contributed by atoms with Crippen LogP contribution < -0.4 is 0 Å². The number of thioether (sulfide) groups is 1. The fourth-order valence-corrected chi connectivity index (χ4v) is 1.80. The second-order valence-electron chi connectivity index (χ2n) is 2.21. The Labute approximate surface area is 68.6 Å². The highest BCUT2D eigenvalue weighted by molar-refractivity contribution is 7.99. The lowest BCUT2D eigenvalue weighted by atomic mass is 10.4. The molecule has 0 saturated carbocycles. The molecule has 1 rings (SSSR count). The van der Waals surface area contributed by atoms with E-state index in [1.165, 1.54) is 4.90 Å². The Bertz CT molecular complexity index is 177. The van der Waals surface area contributed by atoms with Gasteiger partial charge in [-0.25, -0.2) is 4.79 Å². The molecule has 1 aliphatic rings. The Morgan fingerprint density at radius 3 is 2.27 bits per heavy atom. The summed E-state index contributed by atoms with van der Waals surface area (Å²) >= 11 is 1.74. The van der Waals surface area contributed by atoms with Gasteiger partial charge in [-0.15, -0.1) is 0 Å². The molecule has 1 N–H and O–H groups in total. The first-order chi connectivity index (χ1) is 5.22. The first-order valence-corrected chi connectivity index (χ1v) is 4.47. The number of carbonyl (C=O) groups is 2. The minimum atomic E-state index is -1.35. The third-order valence-corrected chi connectivity index (χ3v) is 2.42. The van der Waals surface area contributed by atoms with E-state index in [4.69, 9.17) is 5.11 Å². The summed E-state index contributed by atoms with van der Waals surface area (Å²) < 4.78 is 0. The van der Waals surface area contributed by atoms with E-state index in [2.05, 4.69) is 0 Å². The van der Waals surface area contributed by atoms with Crippen molar-refractivity contribution in [3.63, 3.8) is 0 Å². The number of aliphatic carboxylic acids is 1. The highest BCUT2D eigenvalue weighted by atomic mass is 32.2. The maximum Gasteiger partial charge on any atom is 0.394 e. The van der Waals surface area contributed by atoms with E-state index in [0.29, 0.717) is 13.1 Å². The molecule has 0 aromatic rings. The van der Waals surface area contributed by atoms with Gasteiger partial charge in [0.1, 0.15) is 0 Å². The van der Waals surface area contributed by atoms with Crippen molar-refractivity contribution in [2.75, 3.05) is 24.6 Å². The van der Waals surface area contributed by atoms with E-state index in [0.717, 1.165) is 11.5 Å². The standard InChI is InChI=1S/C6H9NO3S/c8-5(6(9)10)7-1-3-11-4-2-7/h1-4H2,(H,9,10). The smallest absolute Gasteiger partial charge is 0.394 e. The van der Waals surface area contributed by atoms with Crippen molar-refractivity contribution in [3.05, 3.63) is 0 Å². The molecule has 0 bridgehead atoms. The van der Waals surface area contributed by atoms with Crippen LogP contribution in [0.25, 0.3) is 0 Å². The number of hydrogen-bond donors (Lipinski definition) is 1. The van der Waals surface area contributed by atoms with Crippen molar-refractivity contribution in [2.45, 2.75) is 0 Å². The van der Waals surface area contributed by atoms with Crippen LogP contribution in [0.15, 0.2) is 0 Å². The first-order valence-electron chi connectivity index (χ1n) is 3.32. The molecule has 0 atom stereocenters. The Hall–Kier alpha value is -0.710. The predicted octanol–water partition coefficient (Wildman–Crippen LogP) is -0.354. The summed E-state index contributed by atoms with van der Waals surface area (Å²) in [5.41, 5.74) is 0. The van der Waals surface area contributed by atoms with Crippen LogP contribution in [0.2, 0.25) is 0 Å². The second kappa shape index (κ2) is 3.61. The third-order valence-electron chi connectivity index (χ3n) is 1.48. The lowest BCUT2D eigenvalue weighted by molar-refractivity contribution is -0.155. The molecular formula is C6H9NO3S. The molecule has 62 valence electrons. The van der Waals surface area contributed by atoms with Crippen LogP contribution in [0.3, 0.4) is 0 Å². The van der Waals surface area contributed by atoms with Gasteiger partial charge >= 0.3 is 11.9 Å². The third kappa shape index (κ3) is 2.11. The molecule has 0 radical (unpaired) electrons. The van der Waals surface area contributed by atoms with Gasteiger partial charge < -0.3 is 10.0 Å². The number of carboxylic acid groups (broad SMARTS) is 1. The zero-order valence-electron chi connectivity index (χ0n) is 5.95. The van der Waals surface area contributed by atoms with E-state index >= 15 is 0 Å². The van der Waals surface area contributed by atoms with Gasteiger partial charge in [-0.3, -0.25) is 4.79 Å². The van der Waals surface area contributed by atoms with Crippen LogP contribution in [0.5, 0.6) is 0 Å². The van der Waals surface area contributed by atoms with E-state index in [9.17, 15) is 9.59 Å². The number of carbonyl (C=O) groups excluding carboxylic acids is 1. The van der Waals surface area contributed by atoms with Gasteiger partial charge in [0.2, 0.25) is 0 Å². The molecule has 0 aliphatic carbocycles. The average molecular weight is 175 g/mol. The monoisotopic (exact) mass is 175 g/mol. The van der Waals surface area contributed by atoms with Crippen LogP contribution in [0, 0.1) is 0 Å². The maximum absolute atomic E-state index is 10.8. The van der Waals surface area contributed by atoms with Crippen molar-refractivity contribution in [2.24, 2.45) is 0 Å². The predicted molar refractivity (Wildman–Crippen MR) is 41.5 cm³/mol. The molecule has 0 aromatic carbocycles. The van der Waals surface area contributed by atoms with Gasteiger partial charge in [-0.2, -0.15) is 11.8 Å². The topological polar surface area (TPSA) is 57.6 Å². The molecular weight excluding hydrogens is 166 g/mol. The van der Waals surface area contributed by atoms with Crippen LogP contribution in [-0.2, 0) is 9.59 Å². The molecule has 1 amide bonds. The van der Waals surface area contributed by atoms with Gasteiger partial charge in [0.15, 0.2) is 0 Å². The lowest BCUT2D eigenvalue weighted by Crippen LogP contribution is -2.41. The highest BCUT2D eigenvalue weighted by Gasteiger charge is 2.22. The molecule has 1 fully saturated rings. The van der Waals surface area contributed by atoms with Crippen molar-refractivity contribution < 1.29 is 14.7 Å². The number of carboxylic acids is 1. The van der Waals surface area contributed by atoms with Crippen LogP contribution in [0.1, 0.15) is 0 Å². The second-order valence-corrected chi connectivity index (χ2v) is 3.43.